The fraction of sp³-hybridized carbons (Fsp3) is 0.158. The molecule has 8 nitrogen and oxygen atoms in total. The summed E-state index contributed by atoms with van der Waals surface area (Å²) in [7, 11) is -2.14. The highest BCUT2D eigenvalue weighted by atomic mass is 32.2. The first-order valence-corrected chi connectivity index (χ1v) is 10.9. The van der Waals surface area contributed by atoms with Crippen molar-refractivity contribution < 1.29 is 22.7 Å². The van der Waals surface area contributed by atoms with Crippen LogP contribution in [0.2, 0.25) is 0 Å². The first-order valence-electron chi connectivity index (χ1n) is 8.54. The number of nitrogens with zero attached hydrogens (tertiary/aromatic N) is 1. The summed E-state index contributed by atoms with van der Waals surface area (Å²) in [6.07, 6.45) is 1.55. The van der Waals surface area contributed by atoms with Gasteiger partial charge in [-0.2, -0.15) is 0 Å². The molecule has 0 aliphatic rings. The maximum absolute atomic E-state index is 12.6. The van der Waals surface area contributed by atoms with Crippen molar-refractivity contribution in [2.24, 2.45) is 0 Å². The Labute approximate surface area is 172 Å². The maximum Gasteiger partial charge on any atom is 0.271 e. The van der Waals surface area contributed by atoms with E-state index in [2.05, 4.69) is 15.0 Å². The normalized spacial score (nSPS) is 11.1. The average molecular weight is 434 g/mol. The van der Waals surface area contributed by atoms with Gasteiger partial charge in [0.25, 0.3) is 15.9 Å². The molecule has 1 amide bonds. The fourth-order valence-electron chi connectivity index (χ4n) is 2.36. The fourth-order valence-corrected chi connectivity index (χ4v) is 4.41. The molecule has 0 saturated heterocycles. The maximum atomic E-state index is 12.6. The molecule has 3 rings (SSSR count). The zero-order valence-electron chi connectivity index (χ0n) is 15.5. The number of benzene rings is 1. The summed E-state index contributed by atoms with van der Waals surface area (Å²) in [6, 6.07) is 12.7. The number of thiophene rings is 1. The number of methoxy groups -OCH3 is 1. The minimum absolute atomic E-state index is 0.195. The number of pyridine rings is 1. The van der Waals surface area contributed by atoms with Crippen molar-refractivity contribution in [2.45, 2.75) is 4.21 Å². The van der Waals surface area contributed by atoms with Crippen LogP contribution in [-0.4, -0.2) is 39.6 Å². The van der Waals surface area contributed by atoms with E-state index in [9.17, 15) is 13.2 Å². The molecule has 1 aromatic carbocycles. The minimum atomic E-state index is -3.70. The molecular formula is C19H19N3O5S2. The topological polar surface area (TPSA) is 107 Å². The van der Waals surface area contributed by atoms with Gasteiger partial charge in [0.15, 0.2) is 0 Å². The Morgan fingerprint density at radius 1 is 1.14 bits per heavy atom. The molecular weight excluding hydrogens is 414 g/mol. The van der Waals surface area contributed by atoms with Crippen LogP contribution in [0.4, 0.5) is 11.4 Å². The van der Waals surface area contributed by atoms with E-state index in [0.29, 0.717) is 12.3 Å². The average Bonchev–Trinajstić information content (AvgIpc) is 3.25. The second-order valence-corrected chi connectivity index (χ2v) is 8.63. The van der Waals surface area contributed by atoms with Crippen LogP contribution in [0, 0.1) is 0 Å². The summed E-state index contributed by atoms with van der Waals surface area (Å²) in [5.41, 5.74) is 0.968. The summed E-state index contributed by atoms with van der Waals surface area (Å²) in [4.78, 5) is 16.8. The second kappa shape index (κ2) is 9.50. The van der Waals surface area contributed by atoms with Crippen LogP contribution < -0.4 is 14.8 Å². The third-order valence-corrected chi connectivity index (χ3v) is 6.46. The Bertz CT molecular complexity index is 1070. The second-order valence-electron chi connectivity index (χ2n) is 5.77. The van der Waals surface area contributed by atoms with Crippen LogP contribution in [0.15, 0.2) is 64.3 Å². The van der Waals surface area contributed by atoms with Crippen molar-refractivity contribution in [3.63, 3.8) is 0 Å². The molecule has 0 aliphatic heterocycles. The predicted octanol–water partition coefficient (Wildman–Crippen LogP) is 3.22. The van der Waals surface area contributed by atoms with Crippen LogP contribution in [0.1, 0.15) is 10.4 Å². The Morgan fingerprint density at radius 3 is 2.76 bits per heavy atom. The van der Waals surface area contributed by atoms with Crippen molar-refractivity contribution in [1.29, 1.82) is 0 Å². The number of nitrogens with one attached hydrogen (secondary N) is 2. The van der Waals surface area contributed by atoms with Crippen LogP contribution in [0.5, 0.6) is 5.88 Å². The van der Waals surface area contributed by atoms with E-state index >= 15 is 0 Å². The quantitative estimate of drug-likeness (QED) is 0.502. The molecule has 10 heteroatoms. The van der Waals surface area contributed by atoms with Gasteiger partial charge in [-0.25, -0.2) is 13.4 Å². The molecule has 0 fully saturated rings. The number of anilines is 2. The number of sulfonamides is 1. The highest BCUT2D eigenvalue weighted by molar-refractivity contribution is 7.94. The monoisotopic (exact) mass is 433 g/mol. The van der Waals surface area contributed by atoms with E-state index in [1.807, 2.05) is 0 Å². The standard InChI is InChI=1S/C19H19N3O5S2/c1-26-10-11-27-19-16(7-3-9-20-19)21-18(23)14-5-2-6-15(13-14)22-29(24,25)17-8-4-12-28-17/h2-9,12-13,22H,10-11H2,1H3,(H,21,23). The molecule has 2 heterocycles. The summed E-state index contributed by atoms with van der Waals surface area (Å²) in [5.74, 6) is -0.154. The summed E-state index contributed by atoms with van der Waals surface area (Å²) in [6.45, 7) is 0.673. The molecule has 0 bridgehead atoms. The number of hydrogen-bond acceptors (Lipinski definition) is 7. The molecule has 29 heavy (non-hydrogen) atoms. The lowest BCUT2D eigenvalue weighted by Crippen LogP contribution is -2.15. The minimum Gasteiger partial charge on any atom is -0.474 e. The molecule has 152 valence electrons. The molecule has 0 spiro atoms. The molecule has 3 aromatic rings. The molecule has 2 N–H and O–H groups in total. The number of aromatic nitrogens is 1. The van der Waals surface area contributed by atoms with Gasteiger partial charge in [0.05, 0.1) is 6.61 Å². The number of amides is 1. The summed E-state index contributed by atoms with van der Waals surface area (Å²) >= 11 is 1.11. The molecule has 0 unspecified atom stereocenters. The van der Waals surface area contributed by atoms with Crippen LogP contribution in [-0.2, 0) is 14.8 Å². The lowest BCUT2D eigenvalue weighted by molar-refractivity contribution is 0.102. The Morgan fingerprint density at radius 2 is 2.00 bits per heavy atom. The molecule has 2 aromatic heterocycles. The van der Waals surface area contributed by atoms with Crippen molar-refractivity contribution in [1.82, 2.24) is 4.98 Å². The third-order valence-electron chi connectivity index (χ3n) is 3.68. The van der Waals surface area contributed by atoms with Gasteiger partial charge in [-0.1, -0.05) is 12.1 Å². The highest BCUT2D eigenvalue weighted by Crippen LogP contribution is 2.23. The van der Waals surface area contributed by atoms with Crippen LogP contribution in [0.3, 0.4) is 0 Å². The first-order chi connectivity index (χ1) is 14.0. The summed E-state index contributed by atoms with van der Waals surface area (Å²) < 4.78 is 37.9. The van der Waals surface area contributed by atoms with Crippen molar-refractivity contribution in [3.8, 4) is 5.88 Å². The van der Waals surface area contributed by atoms with E-state index in [1.165, 1.54) is 12.1 Å². The number of ether oxygens (including phenoxy) is 2. The molecule has 0 atom stereocenters. The summed E-state index contributed by atoms with van der Waals surface area (Å²) in [5, 5.41) is 4.41. The van der Waals surface area contributed by atoms with Crippen molar-refractivity contribution in [3.05, 3.63) is 65.7 Å². The van der Waals surface area contributed by atoms with Gasteiger partial charge in [-0.05, 0) is 41.8 Å². The van der Waals surface area contributed by atoms with Crippen molar-refractivity contribution >= 4 is 38.6 Å². The molecule has 0 aliphatic carbocycles. The van der Waals surface area contributed by atoms with Gasteiger partial charge >= 0.3 is 0 Å². The van der Waals surface area contributed by atoms with E-state index in [-0.39, 0.29) is 27.9 Å². The molecule has 0 radical (unpaired) electrons. The predicted molar refractivity (Wildman–Crippen MR) is 111 cm³/mol. The number of carbonyl (C=O) groups excluding carboxylic acids is 1. The zero-order valence-corrected chi connectivity index (χ0v) is 17.1. The van der Waals surface area contributed by atoms with Crippen molar-refractivity contribution in [2.75, 3.05) is 30.4 Å². The lowest BCUT2D eigenvalue weighted by Gasteiger charge is -2.12. The van der Waals surface area contributed by atoms with Gasteiger partial charge < -0.3 is 14.8 Å². The molecule has 0 saturated carbocycles. The van der Waals surface area contributed by atoms with E-state index in [4.69, 9.17) is 9.47 Å². The van der Waals surface area contributed by atoms with E-state index in [1.54, 1.807) is 55.1 Å². The van der Waals surface area contributed by atoms with Crippen LogP contribution in [0.25, 0.3) is 0 Å². The van der Waals surface area contributed by atoms with Gasteiger partial charge in [-0.15, -0.1) is 11.3 Å². The van der Waals surface area contributed by atoms with Gasteiger partial charge in [0.1, 0.15) is 16.5 Å². The largest absolute Gasteiger partial charge is 0.474 e. The van der Waals surface area contributed by atoms with Gasteiger partial charge in [0.2, 0.25) is 5.88 Å². The van der Waals surface area contributed by atoms with Gasteiger partial charge in [0, 0.05) is 24.6 Å². The first kappa shape index (κ1) is 20.8. The number of carbonyl (C=O) groups is 1. The van der Waals surface area contributed by atoms with E-state index in [0.717, 1.165) is 11.3 Å². The van der Waals surface area contributed by atoms with Crippen LogP contribution >= 0.6 is 11.3 Å². The van der Waals surface area contributed by atoms with Gasteiger partial charge in [-0.3, -0.25) is 9.52 Å². The smallest absolute Gasteiger partial charge is 0.271 e. The zero-order chi connectivity index (χ0) is 20.7. The Balaban J connectivity index is 1.74. The number of hydrogen-bond donors (Lipinski definition) is 2. The lowest BCUT2D eigenvalue weighted by atomic mass is 10.2. The SMILES string of the molecule is COCCOc1ncccc1NC(=O)c1cccc(NS(=O)(=O)c2cccs2)c1. The highest BCUT2D eigenvalue weighted by Gasteiger charge is 2.16. The van der Waals surface area contributed by atoms with E-state index < -0.39 is 15.9 Å². The number of rotatable bonds is 9. The Kier molecular flexibility index (Phi) is 6.81. The third kappa shape index (κ3) is 5.53. The Hall–Kier alpha value is -2.95.